The molecule has 4 amide bonds. The van der Waals surface area contributed by atoms with Crippen molar-refractivity contribution in [3.63, 3.8) is 0 Å². The molecular formula is C28H37N3O5. The van der Waals surface area contributed by atoms with Gasteiger partial charge < -0.3 is 14.5 Å². The minimum absolute atomic E-state index is 0.00623. The Balaban J connectivity index is 1.32. The molecule has 3 heterocycles. The summed E-state index contributed by atoms with van der Waals surface area (Å²) in [5, 5.41) is 0. The number of aryl methyl sites for hydroxylation is 1. The molecule has 1 aromatic carbocycles. The lowest BCUT2D eigenvalue weighted by molar-refractivity contribution is -0.146. The van der Waals surface area contributed by atoms with Crippen LogP contribution >= 0.6 is 0 Å². The van der Waals surface area contributed by atoms with Crippen LogP contribution in [0.15, 0.2) is 24.3 Å². The molecule has 4 aliphatic rings. The number of imide groups is 1. The van der Waals surface area contributed by atoms with Gasteiger partial charge in [0.1, 0.15) is 0 Å². The SMILES string of the molecule is Cc1ccccc1[C@@]1(CC(=O)N2CCC(C(=O)N3CCOCC3)CC2)CC(=O)N(C2CCCC2)C1=O. The molecular weight excluding hydrogens is 458 g/mol. The fraction of sp³-hybridized carbons (Fsp3) is 0.643. The summed E-state index contributed by atoms with van der Waals surface area (Å²) in [6.45, 7) is 5.36. The van der Waals surface area contributed by atoms with Gasteiger partial charge in [-0.05, 0) is 43.7 Å². The Morgan fingerprint density at radius 1 is 0.944 bits per heavy atom. The van der Waals surface area contributed by atoms with Crippen molar-refractivity contribution in [3.8, 4) is 0 Å². The molecule has 194 valence electrons. The third-order valence-corrected chi connectivity index (χ3v) is 8.67. The van der Waals surface area contributed by atoms with Crippen LogP contribution in [0.4, 0.5) is 0 Å². The van der Waals surface area contributed by atoms with Gasteiger partial charge in [0.15, 0.2) is 0 Å². The minimum Gasteiger partial charge on any atom is -0.378 e. The first kappa shape index (κ1) is 24.9. The number of hydrogen-bond acceptors (Lipinski definition) is 5. The molecule has 36 heavy (non-hydrogen) atoms. The second-order valence-electron chi connectivity index (χ2n) is 10.9. The Morgan fingerprint density at radius 2 is 1.61 bits per heavy atom. The number of ether oxygens (including phenoxy) is 1. The monoisotopic (exact) mass is 495 g/mol. The number of likely N-dealkylation sites (tertiary alicyclic amines) is 2. The third-order valence-electron chi connectivity index (χ3n) is 8.67. The number of rotatable bonds is 5. The van der Waals surface area contributed by atoms with Crippen molar-refractivity contribution in [2.24, 2.45) is 5.92 Å². The number of hydrogen-bond donors (Lipinski definition) is 0. The largest absolute Gasteiger partial charge is 0.378 e. The Morgan fingerprint density at radius 3 is 2.28 bits per heavy atom. The molecule has 0 radical (unpaired) electrons. The van der Waals surface area contributed by atoms with Crippen LogP contribution in [0.25, 0.3) is 0 Å². The first-order valence-electron chi connectivity index (χ1n) is 13.5. The van der Waals surface area contributed by atoms with Crippen LogP contribution in [-0.4, -0.2) is 83.8 Å². The number of amides is 4. The number of carbonyl (C=O) groups is 4. The second-order valence-corrected chi connectivity index (χ2v) is 10.9. The summed E-state index contributed by atoms with van der Waals surface area (Å²) in [6, 6.07) is 7.60. The van der Waals surface area contributed by atoms with Crippen LogP contribution in [0.5, 0.6) is 0 Å². The molecule has 0 spiro atoms. The summed E-state index contributed by atoms with van der Waals surface area (Å²) in [5.74, 6) is -0.391. The van der Waals surface area contributed by atoms with Gasteiger partial charge in [0.05, 0.1) is 18.6 Å². The van der Waals surface area contributed by atoms with Crippen LogP contribution in [0, 0.1) is 12.8 Å². The molecule has 1 aromatic rings. The molecule has 8 heteroatoms. The van der Waals surface area contributed by atoms with Gasteiger partial charge in [0.25, 0.3) is 0 Å². The molecule has 4 fully saturated rings. The summed E-state index contributed by atoms with van der Waals surface area (Å²) in [7, 11) is 0. The van der Waals surface area contributed by atoms with E-state index < -0.39 is 5.41 Å². The number of nitrogens with zero attached hydrogens (tertiary/aromatic N) is 3. The predicted octanol–water partition coefficient (Wildman–Crippen LogP) is 2.42. The third kappa shape index (κ3) is 4.56. The lowest BCUT2D eigenvalue weighted by atomic mass is 9.73. The molecule has 1 saturated carbocycles. The van der Waals surface area contributed by atoms with Crippen molar-refractivity contribution in [1.29, 1.82) is 0 Å². The van der Waals surface area contributed by atoms with Crippen LogP contribution in [-0.2, 0) is 29.3 Å². The molecule has 0 aromatic heterocycles. The second kappa shape index (κ2) is 10.3. The standard InChI is InChI=1S/C28H37N3O5/c1-20-6-2-5-9-23(20)28(19-25(33)31(27(28)35)22-7-3-4-8-22)18-24(32)29-12-10-21(11-13-29)26(34)30-14-16-36-17-15-30/h2,5-6,9,21-22H,3-4,7-8,10-19H2,1H3/t28-/m1/s1. The normalized spacial score (nSPS) is 26.2. The molecule has 0 unspecified atom stereocenters. The van der Waals surface area contributed by atoms with Crippen molar-refractivity contribution in [2.75, 3.05) is 39.4 Å². The lowest BCUT2D eigenvalue weighted by Crippen LogP contribution is -2.49. The van der Waals surface area contributed by atoms with Crippen LogP contribution in [0.2, 0.25) is 0 Å². The van der Waals surface area contributed by atoms with Gasteiger partial charge in [-0.3, -0.25) is 24.1 Å². The Kier molecular flexibility index (Phi) is 7.15. The highest BCUT2D eigenvalue weighted by Gasteiger charge is 2.56. The molecule has 0 N–H and O–H groups in total. The maximum absolute atomic E-state index is 14.0. The summed E-state index contributed by atoms with van der Waals surface area (Å²) < 4.78 is 5.36. The van der Waals surface area contributed by atoms with Gasteiger partial charge in [-0.1, -0.05) is 37.1 Å². The van der Waals surface area contributed by atoms with Gasteiger partial charge in [-0.25, -0.2) is 0 Å². The van der Waals surface area contributed by atoms with E-state index >= 15 is 0 Å². The molecule has 0 bridgehead atoms. The maximum Gasteiger partial charge on any atom is 0.241 e. The zero-order valence-electron chi connectivity index (χ0n) is 21.2. The summed E-state index contributed by atoms with van der Waals surface area (Å²) >= 11 is 0. The van der Waals surface area contributed by atoms with Crippen LogP contribution in [0.1, 0.15) is 62.5 Å². The lowest BCUT2D eigenvalue weighted by Gasteiger charge is -2.37. The molecule has 1 aliphatic carbocycles. The zero-order valence-corrected chi connectivity index (χ0v) is 21.2. The molecule has 5 rings (SSSR count). The smallest absolute Gasteiger partial charge is 0.241 e. The number of benzene rings is 1. The van der Waals surface area contributed by atoms with E-state index in [0.29, 0.717) is 52.2 Å². The van der Waals surface area contributed by atoms with E-state index in [1.165, 1.54) is 4.90 Å². The van der Waals surface area contributed by atoms with Gasteiger partial charge in [0, 0.05) is 51.0 Å². The number of morpholine rings is 1. The van der Waals surface area contributed by atoms with Crippen molar-refractivity contribution >= 4 is 23.6 Å². The highest BCUT2D eigenvalue weighted by Crippen LogP contribution is 2.44. The zero-order chi connectivity index (χ0) is 25.3. The van der Waals surface area contributed by atoms with E-state index in [1.807, 2.05) is 36.1 Å². The highest BCUT2D eigenvalue weighted by atomic mass is 16.5. The van der Waals surface area contributed by atoms with E-state index in [9.17, 15) is 19.2 Å². The van der Waals surface area contributed by atoms with Crippen LogP contribution in [0.3, 0.4) is 0 Å². The highest BCUT2D eigenvalue weighted by molar-refractivity contribution is 6.11. The average Bonchev–Trinajstić information content (AvgIpc) is 3.50. The topological polar surface area (TPSA) is 87.2 Å². The molecule has 1 atom stereocenters. The number of carbonyl (C=O) groups excluding carboxylic acids is 4. The molecule has 8 nitrogen and oxygen atoms in total. The van der Waals surface area contributed by atoms with Gasteiger partial charge in [-0.15, -0.1) is 0 Å². The molecule has 3 saturated heterocycles. The fourth-order valence-corrected chi connectivity index (χ4v) is 6.64. The quantitative estimate of drug-likeness (QED) is 0.586. The van der Waals surface area contributed by atoms with Crippen molar-refractivity contribution in [2.45, 2.75) is 69.7 Å². The summed E-state index contributed by atoms with van der Waals surface area (Å²) in [4.78, 5) is 58.9. The van der Waals surface area contributed by atoms with E-state index in [1.54, 1.807) is 4.90 Å². The molecule has 3 aliphatic heterocycles. The Labute approximate surface area is 212 Å². The fourth-order valence-electron chi connectivity index (χ4n) is 6.64. The minimum atomic E-state index is -1.15. The van der Waals surface area contributed by atoms with E-state index in [0.717, 1.165) is 36.8 Å². The summed E-state index contributed by atoms with van der Waals surface area (Å²) in [6.07, 6.45) is 5.03. The van der Waals surface area contributed by atoms with E-state index in [-0.39, 0.29) is 48.4 Å². The van der Waals surface area contributed by atoms with E-state index in [2.05, 4.69) is 0 Å². The maximum atomic E-state index is 14.0. The Hall–Kier alpha value is -2.74. The van der Waals surface area contributed by atoms with Crippen molar-refractivity contribution < 1.29 is 23.9 Å². The Bertz CT molecular complexity index is 1020. The van der Waals surface area contributed by atoms with Crippen molar-refractivity contribution in [3.05, 3.63) is 35.4 Å². The van der Waals surface area contributed by atoms with Crippen molar-refractivity contribution in [1.82, 2.24) is 14.7 Å². The number of piperidine rings is 1. The average molecular weight is 496 g/mol. The predicted molar refractivity (Wildman–Crippen MR) is 133 cm³/mol. The van der Waals surface area contributed by atoms with Gasteiger partial charge in [0.2, 0.25) is 23.6 Å². The first-order valence-corrected chi connectivity index (χ1v) is 13.5. The first-order chi connectivity index (χ1) is 17.4. The summed E-state index contributed by atoms with van der Waals surface area (Å²) in [5.41, 5.74) is 0.562. The van der Waals surface area contributed by atoms with Gasteiger partial charge >= 0.3 is 0 Å². The van der Waals surface area contributed by atoms with E-state index in [4.69, 9.17) is 4.74 Å². The van der Waals surface area contributed by atoms with Crippen LogP contribution < -0.4 is 0 Å². The van der Waals surface area contributed by atoms with Gasteiger partial charge in [-0.2, -0.15) is 0 Å².